The van der Waals surface area contributed by atoms with Gasteiger partial charge in [-0.15, -0.1) is 11.3 Å². The Balaban J connectivity index is 2.01. The molecular formula is C11H16ClNO2S. The average Bonchev–Trinajstić information content (AvgIpc) is 2.66. The first-order valence-corrected chi connectivity index (χ1v) is 6.57. The lowest BCUT2D eigenvalue weighted by molar-refractivity contribution is 0.00549. The van der Waals surface area contributed by atoms with E-state index in [0.717, 1.165) is 18.0 Å². The molecule has 16 heavy (non-hydrogen) atoms. The normalized spacial score (nSPS) is 25.3. The Morgan fingerprint density at radius 2 is 2.50 bits per heavy atom. The van der Waals surface area contributed by atoms with Gasteiger partial charge in [0, 0.05) is 17.5 Å². The van der Waals surface area contributed by atoms with E-state index in [1.807, 2.05) is 19.1 Å². The summed E-state index contributed by atoms with van der Waals surface area (Å²) in [7, 11) is 0. The van der Waals surface area contributed by atoms with Gasteiger partial charge in [0.1, 0.15) is 0 Å². The molecular weight excluding hydrogens is 246 g/mol. The number of hydrogen-bond acceptors (Lipinski definition) is 4. The molecule has 2 rings (SSSR count). The maximum absolute atomic E-state index is 10.4. The molecule has 1 aromatic rings. The van der Waals surface area contributed by atoms with E-state index in [2.05, 4.69) is 5.32 Å². The molecule has 0 bridgehead atoms. The van der Waals surface area contributed by atoms with Gasteiger partial charge in [0.25, 0.3) is 0 Å². The van der Waals surface area contributed by atoms with Gasteiger partial charge in [-0.2, -0.15) is 0 Å². The van der Waals surface area contributed by atoms with Gasteiger partial charge < -0.3 is 15.2 Å². The molecule has 0 radical (unpaired) electrons. The monoisotopic (exact) mass is 261 g/mol. The minimum atomic E-state index is -0.837. The Kier molecular flexibility index (Phi) is 3.87. The number of hydrogen-bond donors (Lipinski definition) is 2. The molecule has 2 heterocycles. The third kappa shape index (κ3) is 2.96. The van der Waals surface area contributed by atoms with Crippen LogP contribution in [0.2, 0.25) is 4.34 Å². The van der Waals surface area contributed by atoms with Gasteiger partial charge >= 0.3 is 0 Å². The second-order valence-corrected chi connectivity index (χ2v) is 6.02. The Labute approximate surface area is 104 Å². The van der Waals surface area contributed by atoms with Crippen molar-refractivity contribution in [3.63, 3.8) is 0 Å². The zero-order valence-electron chi connectivity index (χ0n) is 9.20. The van der Waals surface area contributed by atoms with Gasteiger partial charge in [0.2, 0.25) is 0 Å². The van der Waals surface area contributed by atoms with Crippen LogP contribution in [-0.2, 0) is 10.3 Å². The summed E-state index contributed by atoms with van der Waals surface area (Å²) in [6.45, 7) is 4.09. The summed E-state index contributed by atoms with van der Waals surface area (Å²) in [5.41, 5.74) is -0.837. The second kappa shape index (κ2) is 5.02. The highest BCUT2D eigenvalue weighted by Gasteiger charge is 2.29. The zero-order chi connectivity index (χ0) is 11.6. The minimum absolute atomic E-state index is 0.213. The van der Waals surface area contributed by atoms with Crippen molar-refractivity contribution in [2.24, 2.45) is 0 Å². The summed E-state index contributed by atoms with van der Waals surface area (Å²) in [6, 6.07) is 3.92. The maximum Gasteiger partial charge on any atom is 0.0976 e. The molecule has 2 atom stereocenters. The van der Waals surface area contributed by atoms with Crippen LogP contribution >= 0.6 is 22.9 Å². The van der Waals surface area contributed by atoms with Crippen molar-refractivity contribution in [3.05, 3.63) is 21.3 Å². The minimum Gasteiger partial charge on any atom is -0.385 e. The van der Waals surface area contributed by atoms with Gasteiger partial charge in [-0.05, 0) is 25.5 Å². The van der Waals surface area contributed by atoms with Gasteiger partial charge in [-0.1, -0.05) is 11.6 Å². The van der Waals surface area contributed by atoms with Crippen molar-refractivity contribution in [2.45, 2.75) is 25.0 Å². The molecule has 0 aliphatic carbocycles. The summed E-state index contributed by atoms with van der Waals surface area (Å²) >= 11 is 7.31. The third-order valence-corrected chi connectivity index (χ3v) is 4.23. The van der Waals surface area contributed by atoms with Gasteiger partial charge in [-0.25, -0.2) is 0 Å². The Morgan fingerprint density at radius 1 is 1.69 bits per heavy atom. The van der Waals surface area contributed by atoms with Crippen molar-refractivity contribution in [3.8, 4) is 0 Å². The molecule has 0 spiro atoms. The van der Waals surface area contributed by atoms with E-state index in [0.29, 0.717) is 17.4 Å². The molecule has 1 aromatic heterocycles. The topological polar surface area (TPSA) is 41.5 Å². The van der Waals surface area contributed by atoms with Crippen LogP contribution in [0.1, 0.15) is 18.2 Å². The quantitative estimate of drug-likeness (QED) is 0.874. The molecule has 2 N–H and O–H groups in total. The smallest absolute Gasteiger partial charge is 0.0976 e. The Bertz CT molecular complexity index is 348. The standard InChI is InChI=1S/C11H16ClNO2S/c1-11(14,9-2-3-10(12)16-9)6-8-7-15-5-4-13-8/h2-3,8,13-14H,4-7H2,1H3. The first-order valence-electron chi connectivity index (χ1n) is 5.37. The molecule has 1 saturated heterocycles. The molecule has 1 fully saturated rings. The lowest BCUT2D eigenvalue weighted by Crippen LogP contribution is -2.44. The van der Waals surface area contributed by atoms with Gasteiger partial charge in [-0.3, -0.25) is 0 Å². The van der Waals surface area contributed by atoms with Crippen LogP contribution in [-0.4, -0.2) is 30.9 Å². The third-order valence-electron chi connectivity index (χ3n) is 2.75. The highest BCUT2D eigenvalue weighted by atomic mass is 35.5. The highest BCUT2D eigenvalue weighted by Crippen LogP contribution is 2.34. The summed E-state index contributed by atoms with van der Waals surface area (Å²) in [5, 5.41) is 13.7. The summed E-state index contributed by atoms with van der Waals surface area (Å²) < 4.78 is 6.08. The SMILES string of the molecule is CC(O)(CC1COCCN1)c1ccc(Cl)s1. The Morgan fingerprint density at radius 3 is 3.06 bits per heavy atom. The molecule has 5 heteroatoms. The second-order valence-electron chi connectivity index (χ2n) is 4.31. The number of rotatable bonds is 3. The number of morpholine rings is 1. The van der Waals surface area contributed by atoms with E-state index in [1.165, 1.54) is 11.3 Å². The van der Waals surface area contributed by atoms with E-state index < -0.39 is 5.60 Å². The molecule has 0 aromatic carbocycles. The van der Waals surface area contributed by atoms with Crippen LogP contribution in [0.3, 0.4) is 0 Å². The molecule has 1 aliphatic heterocycles. The van der Waals surface area contributed by atoms with Crippen molar-refractivity contribution in [1.82, 2.24) is 5.32 Å². The van der Waals surface area contributed by atoms with Crippen LogP contribution in [0.5, 0.6) is 0 Å². The number of thiophene rings is 1. The predicted molar refractivity (Wildman–Crippen MR) is 66.1 cm³/mol. The van der Waals surface area contributed by atoms with Gasteiger partial charge in [0.15, 0.2) is 0 Å². The maximum atomic E-state index is 10.4. The predicted octanol–water partition coefficient (Wildman–Crippen LogP) is 1.99. The van der Waals surface area contributed by atoms with Crippen molar-refractivity contribution in [2.75, 3.05) is 19.8 Å². The number of aliphatic hydroxyl groups is 1. The van der Waals surface area contributed by atoms with Crippen molar-refractivity contribution >= 4 is 22.9 Å². The highest BCUT2D eigenvalue weighted by molar-refractivity contribution is 7.16. The van der Waals surface area contributed by atoms with Crippen LogP contribution < -0.4 is 5.32 Å². The molecule has 90 valence electrons. The molecule has 2 unspecified atom stereocenters. The molecule has 1 aliphatic rings. The number of nitrogens with one attached hydrogen (secondary N) is 1. The molecule has 3 nitrogen and oxygen atoms in total. The fraction of sp³-hybridized carbons (Fsp3) is 0.636. The lowest BCUT2D eigenvalue weighted by Gasteiger charge is -2.30. The summed E-state index contributed by atoms with van der Waals surface area (Å²) in [6.07, 6.45) is 0.643. The Hall–Kier alpha value is -0.130. The van der Waals surface area contributed by atoms with E-state index in [-0.39, 0.29) is 6.04 Å². The molecule has 0 saturated carbocycles. The molecule has 0 amide bonds. The van der Waals surface area contributed by atoms with E-state index in [9.17, 15) is 5.11 Å². The van der Waals surface area contributed by atoms with Gasteiger partial charge in [0.05, 0.1) is 23.2 Å². The van der Waals surface area contributed by atoms with Crippen molar-refractivity contribution in [1.29, 1.82) is 0 Å². The zero-order valence-corrected chi connectivity index (χ0v) is 10.8. The van der Waals surface area contributed by atoms with E-state index in [1.54, 1.807) is 0 Å². The van der Waals surface area contributed by atoms with Crippen LogP contribution in [0.4, 0.5) is 0 Å². The van der Waals surface area contributed by atoms with Crippen LogP contribution in [0.25, 0.3) is 0 Å². The summed E-state index contributed by atoms with van der Waals surface area (Å²) in [4.78, 5) is 0.907. The first kappa shape index (κ1) is 12.3. The fourth-order valence-electron chi connectivity index (χ4n) is 1.93. The average molecular weight is 262 g/mol. The van der Waals surface area contributed by atoms with E-state index in [4.69, 9.17) is 16.3 Å². The van der Waals surface area contributed by atoms with Crippen molar-refractivity contribution < 1.29 is 9.84 Å². The number of halogens is 1. The number of ether oxygens (including phenoxy) is 1. The van der Waals surface area contributed by atoms with E-state index >= 15 is 0 Å². The first-order chi connectivity index (χ1) is 7.58. The lowest BCUT2D eigenvalue weighted by atomic mass is 9.95. The van der Waals surface area contributed by atoms with Crippen LogP contribution in [0, 0.1) is 0 Å². The largest absolute Gasteiger partial charge is 0.385 e. The van der Waals surface area contributed by atoms with Crippen LogP contribution in [0.15, 0.2) is 12.1 Å². The summed E-state index contributed by atoms with van der Waals surface area (Å²) in [5.74, 6) is 0. The fourth-order valence-corrected chi connectivity index (χ4v) is 3.03.